The number of aryl methyl sites for hydroxylation is 1. The molecule has 5 rings (SSSR count). The van der Waals surface area contributed by atoms with Crippen LogP contribution in [0.5, 0.6) is 17.2 Å². The first kappa shape index (κ1) is 20.3. The highest BCUT2D eigenvalue weighted by Gasteiger charge is 2.36. The minimum atomic E-state index is -0.112. The Morgan fingerprint density at radius 3 is 2.62 bits per heavy atom. The fraction of sp³-hybridized carbons (Fsp3) is 0.222. The van der Waals surface area contributed by atoms with E-state index in [1.807, 2.05) is 55.5 Å². The van der Waals surface area contributed by atoms with Crippen molar-refractivity contribution < 1.29 is 19.0 Å². The molecule has 5 heteroatoms. The summed E-state index contributed by atoms with van der Waals surface area (Å²) in [4.78, 5) is 15.5. The van der Waals surface area contributed by atoms with E-state index in [1.165, 1.54) is 5.56 Å². The molecule has 0 fully saturated rings. The second-order valence-electron chi connectivity index (χ2n) is 8.16. The van der Waals surface area contributed by atoms with Gasteiger partial charge in [-0.3, -0.25) is 9.69 Å². The maximum atomic E-state index is 13.3. The average Bonchev–Trinajstić information content (AvgIpc) is 3.16. The zero-order chi connectivity index (χ0) is 22.2. The molecule has 162 valence electrons. The highest BCUT2D eigenvalue weighted by Crippen LogP contribution is 2.45. The van der Waals surface area contributed by atoms with Crippen LogP contribution in [-0.2, 0) is 6.54 Å². The highest BCUT2D eigenvalue weighted by atomic mass is 16.5. The number of Topliss-reactive ketones (excluding diaryl/α,β-unsaturated/α-hetero) is 1. The molecule has 3 aromatic rings. The van der Waals surface area contributed by atoms with E-state index in [0.29, 0.717) is 36.1 Å². The molecule has 1 unspecified atom stereocenters. The fourth-order valence-electron chi connectivity index (χ4n) is 4.36. The van der Waals surface area contributed by atoms with Crippen molar-refractivity contribution in [1.29, 1.82) is 0 Å². The SMILES string of the molecule is COc1ccccc1/C=C1\Oc2c3c(cc(C)c2C1=O)OCN(C(C)c1ccccc1)C3. The number of allylic oxidation sites excluding steroid dienone is 1. The van der Waals surface area contributed by atoms with Crippen LogP contribution in [0.2, 0.25) is 0 Å². The Balaban J connectivity index is 1.50. The summed E-state index contributed by atoms with van der Waals surface area (Å²) in [6, 6.07) is 20.0. The Labute approximate surface area is 187 Å². The van der Waals surface area contributed by atoms with Crippen LogP contribution in [-0.4, -0.2) is 24.5 Å². The van der Waals surface area contributed by atoms with E-state index in [0.717, 1.165) is 22.4 Å². The first-order chi connectivity index (χ1) is 15.6. The smallest absolute Gasteiger partial charge is 0.232 e. The Morgan fingerprint density at radius 1 is 1.09 bits per heavy atom. The minimum absolute atomic E-state index is 0.112. The van der Waals surface area contributed by atoms with Crippen molar-refractivity contribution in [1.82, 2.24) is 4.90 Å². The van der Waals surface area contributed by atoms with E-state index in [1.54, 1.807) is 13.2 Å². The molecule has 0 bridgehead atoms. The van der Waals surface area contributed by atoms with Crippen LogP contribution in [0, 0.1) is 6.92 Å². The monoisotopic (exact) mass is 427 g/mol. The van der Waals surface area contributed by atoms with Gasteiger partial charge in [-0.1, -0.05) is 48.5 Å². The van der Waals surface area contributed by atoms with Gasteiger partial charge in [-0.2, -0.15) is 0 Å². The molecule has 0 aromatic heterocycles. The molecule has 1 atom stereocenters. The Bertz CT molecular complexity index is 1220. The summed E-state index contributed by atoms with van der Waals surface area (Å²) in [5.74, 6) is 2.27. The molecular weight excluding hydrogens is 402 g/mol. The lowest BCUT2D eigenvalue weighted by molar-refractivity contribution is 0.0605. The predicted octanol–water partition coefficient (Wildman–Crippen LogP) is 5.53. The van der Waals surface area contributed by atoms with Gasteiger partial charge in [0.15, 0.2) is 5.76 Å². The number of carbonyl (C=O) groups excluding carboxylic acids is 1. The number of rotatable bonds is 4. The van der Waals surface area contributed by atoms with Crippen LogP contribution in [0.15, 0.2) is 66.4 Å². The molecule has 0 N–H and O–H groups in total. The topological polar surface area (TPSA) is 48.0 Å². The standard InChI is InChI=1S/C27H25NO4/c1-17-13-23-21(15-28(16-31-23)18(2)19-9-5-4-6-10-19)27-25(17)26(29)24(32-27)14-20-11-7-8-12-22(20)30-3/h4-14,18H,15-16H2,1-3H3/b24-14-. The summed E-state index contributed by atoms with van der Waals surface area (Å²) in [6.45, 7) is 5.22. The largest absolute Gasteiger partial charge is 0.496 e. The van der Waals surface area contributed by atoms with Crippen LogP contribution < -0.4 is 14.2 Å². The van der Waals surface area contributed by atoms with Gasteiger partial charge in [-0.15, -0.1) is 0 Å². The van der Waals surface area contributed by atoms with Gasteiger partial charge in [0.2, 0.25) is 5.78 Å². The molecular formula is C27H25NO4. The number of methoxy groups -OCH3 is 1. The second-order valence-corrected chi connectivity index (χ2v) is 8.16. The average molecular weight is 428 g/mol. The van der Waals surface area contributed by atoms with Crippen molar-refractivity contribution in [3.8, 4) is 17.2 Å². The first-order valence-corrected chi connectivity index (χ1v) is 10.7. The van der Waals surface area contributed by atoms with Gasteiger partial charge in [0.1, 0.15) is 24.0 Å². The molecule has 0 saturated carbocycles. The molecule has 2 aliphatic rings. The Morgan fingerprint density at radius 2 is 1.84 bits per heavy atom. The number of fused-ring (bicyclic) bond motifs is 3. The molecule has 2 aliphatic heterocycles. The number of para-hydroxylation sites is 1. The molecule has 0 amide bonds. The summed E-state index contributed by atoms with van der Waals surface area (Å²) in [7, 11) is 1.61. The third kappa shape index (κ3) is 3.45. The van der Waals surface area contributed by atoms with E-state index in [-0.39, 0.29) is 11.8 Å². The summed E-state index contributed by atoms with van der Waals surface area (Å²) in [5.41, 5.74) is 4.40. The number of hydrogen-bond donors (Lipinski definition) is 0. The van der Waals surface area contributed by atoms with Crippen molar-refractivity contribution in [2.24, 2.45) is 0 Å². The van der Waals surface area contributed by atoms with E-state index in [9.17, 15) is 4.79 Å². The molecule has 0 radical (unpaired) electrons. The van der Waals surface area contributed by atoms with Gasteiger partial charge in [-0.05, 0) is 43.2 Å². The third-order valence-electron chi connectivity index (χ3n) is 6.21. The Hall–Kier alpha value is -3.57. The number of nitrogens with zero attached hydrogens (tertiary/aromatic N) is 1. The van der Waals surface area contributed by atoms with Gasteiger partial charge in [0.25, 0.3) is 0 Å². The molecule has 3 aromatic carbocycles. The maximum absolute atomic E-state index is 13.3. The van der Waals surface area contributed by atoms with Crippen molar-refractivity contribution in [3.63, 3.8) is 0 Å². The molecule has 0 saturated heterocycles. The lowest BCUT2D eigenvalue weighted by Crippen LogP contribution is -2.34. The lowest BCUT2D eigenvalue weighted by Gasteiger charge is -2.34. The minimum Gasteiger partial charge on any atom is -0.496 e. The summed E-state index contributed by atoms with van der Waals surface area (Å²) in [6.07, 6.45) is 1.75. The maximum Gasteiger partial charge on any atom is 0.232 e. The number of carbonyl (C=O) groups is 1. The number of benzene rings is 3. The predicted molar refractivity (Wildman–Crippen MR) is 123 cm³/mol. The van der Waals surface area contributed by atoms with Gasteiger partial charge in [-0.25, -0.2) is 0 Å². The van der Waals surface area contributed by atoms with Crippen LogP contribution in [0.1, 0.15) is 45.6 Å². The van der Waals surface area contributed by atoms with Gasteiger partial charge >= 0.3 is 0 Å². The Kier molecular flexibility index (Phi) is 5.19. The normalized spacial score (nSPS) is 17.3. The molecule has 0 spiro atoms. The van der Waals surface area contributed by atoms with E-state index in [4.69, 9.17) is 14.2 Å². The second kappa shape index (κ2) is 8.17. The highest BCUT2D eigenvalue weighted by molar-refractivity contribution is 6.16. The summed E-state index contributed by atoms with van der Waals surface area (Å²) >= 11 is 0. The van der Waals surface area contributed by atoms with Crippen LogP contribution in [0.3, 0.4) is 0 Å². The number of ketones is 1. The van der Waals surface area contributed by atoms with E-state index >= 15 is 0 Å². The van der Waals surface area contributed by atoms with Gasteiger partial charge in [0, 0.05) is 18.2 Å². The van der Waals surface area contributed by atoms with Crippen LogP contribution in [0.4, 0.5) is 0 Å². The molecule has 5 nitrogen and oxygen atoms in total. The number of ether oxygens (including phenoxy) is 3. The van der Waals surface area contributed by atoms with Gasteiger partial charge < -0.3 is 14.2 Å². The summed E-state index contributed by atoms with van der Waals surface area (Å²) < 4.78 is 17.7. The zero-order valence-corrected chi connectivity index (χ0v) is 18.4. The number of hydrogen-bond acceptors (Lipinski definition) is 5. The first-order valence-electron chi connectivity index (χ1n) is 10.7. The fourth-order valence-corrected chi connectivity index (χ4v) is 4.36. The van der Waals surface area contributed by atoms with E-state index in [2.05, 4.69) is 24.0 Å². The van der Waals surface area contributed by atoms with Gasteiger partial charge in [0.05, 0.1) is 18.2 Å². The van der Waals surface area contributed by atoms with Crippen LogP contribution >= 0.6 is 0 Å². The van der Waals surface area contributed by atoms with Crippen molar-refractivity contribution in [3.05, 3.63) is 94.2 Å². The summed E-state index contributed by atoms with van der Waals surface area (Å²) in [5, 5.41) is 0. The van der Waals surface area contributed by atoms with Crippen molar-refractivity contribution in [2.45, 2.75) is 26.4 Å². The third-order valence-corrected chi connectivity index (χ3v) is 6.21. The quantitative estimate of drug-likeness (QED) is 0.512. The molecule has 2 heterocycles. The zero-order valence-electron chi connectivity index (χ0n) is 18.4. The van der Waals surface area contributed by atoms with Crippen molar-refractivity contribution in [2.75, 3.05) is 13.8 Å². The van der Waals surface area contributed by atoms with Crippen molar-refractivity contribution >= 4 is 11.9 Å². The molecule has 32 heavy (non-hydrogen) atoms. The van der Waals surface area contributed by atoms with E-state index < -0.39 is 0 Å². The van der Waals surface area contributed by atoms with Crippen LogP contribution in [0.25, 0.3) is 6.08 Å². The molecule has 0 aliphatic carbocycles. The lowest BCUT2D eigenvalue weighted by atomic mass is 9.97.